The number of aromatic nitrogens is 2. The highest BCUT2D eigenvalue weighted by atomic mass is 16.6. The van der Waals surface area contributed by atoms with Crippen LogP contribution in [0.2, 0.25) is 0 Å². The zero-order valence-electron chi connectivity index (χ0n) is 18.5. The highest BCUT2D eigenvalue weighted by molar-refractivity contribution is 6.21. The van der Waals surface area contributed by atoms with E-state index in [0.29, 0.717) is 30.5 Å². The fourth-order valence-electron chi connectivity index (χ4n) is 4.29. The second-order valence-electron chi connectivity index (χ2n) is 8.31. The van der Waals surface area contributed by atoms with Gasteiger partial charge in [0.15, 0.2) is 6.23 Å². The Morgan fingerprint density at radius 2 is 1.65 bits per heavy atom. The number of nitrogens with one attached hydrogen (secondary N) is 1. The van der Waals surface area contributed by atoms with Crippen molar-refractivity contribution in [1.82, 2.24) is 14.5 Å². The number of ether oxygens (including phenoxy) is 2. The van der Waals surface area contributed by atoms with E-state index >= 15 is 0 Å². The third kappa shape index (κ3) is 4.73. The molecular weight excluding hydrogens is 446 g/mol. The lowest BCUT2D eigenvalue weighted by Gasteiger charge is -2.22. The Morgan fingerprint density at radius 3 is 2.29 bits per heavy atom. The first-order valence-electron chi connectivity index (χ1n) is 11.2. The number of imide groups is 1. The second kappa shape index (κ2) is 10.4. The van der Waals surface area contributed by atoms with Gasteiger partial charge in [0.1, 0.15) is 18.3 Å². The number of benzene rings is 1. The maximum atomic E-state index is 12.4. The average molecular weight is 473 g/mol. The molecule has 2 aliphatic heterocycles. The Bertz CT molecular complexity index is 1120. The minimum atomic E-state index is -1.15. The molecule has 1 fully saturated rings. The topological polar surface area (TPSA) is 151 Å². The minimum Gasteiger partial charge on any atom is -0.394 e. The van der Waals surface area contributed by atoms with Crippen LogP contribution in [-0.2, 0) is 9.47 Å². The highest BCUT2D eigenvalue weighted by Gasteiger charge is 2.45. The summed E-state index contributed by atoms with van der Waals surface area (Å²) in [4.78, 5) is 51.6. The van der Waals surface area contributed by atoms with Gasteiger partial charge >= 0.3 is 5.69 Å². The Kier molecular flexibility index (Phi) is 7.37. The summed E-state index contributed by atoms with van der Waals surface area (Å²) in [6, 6.07) is 7.95. The van der Waals surface area contributed by atoms with Crippen molar-refractivity contribution in [3.8, 4) is 0 Å². The number of carbonyl (C=O) groups is 2. The van der Waals surface area contributed by atoms with E-state index in [1.165, 1.54) is 11.1 Å². The summed E-state index contributed by atoms with van der Waals surface area (Å²) in [5.74, 6) is -0.526. The van der Waals surface area contributed by atoms with E-state index in [9.17, 15) is 29.4 Å². The van der Waals surface area contributed by atoms with Crippen LogP contribution >= 0.6 is 0 Å². The molecule has 1 saturated heterocycles. The molecule has 4 atom stereocenters. The standard InChI is InChI=1S/C23H27N3O8/c27-13-16-18(29)19(22(34-16)26-11-9-17(28)24-23(26)32)33-12-6-2-1-5-10-25-20(30)14-7-3-4-8-15(14)21(25)31/h3-4,7-9,11,16,18-19,22,27,29H,1-2,5-6,10,12-13H2,(H,24,28,32)/t16-,18+,19?,22-/m1/s1. The summed E-state index contributed by atoms with van der Waals surface area (Å²) in [5.41, 5.74) is -0.381. The van der Waals surface area contributed by atoms with Crippen molar-refractivity contribution in [2.45, 2.75) is 50.2 Å². The van der Waals surface area contributed by atoms with Crippen LogP contribution in [0.1, 0.15) is 52.6 Å². The molecular formula is C23H27N3O8. The third-order valence-electron chi connectivity index (χ3n) is 6.08. The van der Waals surface area contributed by atoms with Crippen molar-refractivity contribution in [3.05, 3.63) is 68.5 Å². The van der Waals surface area contributed by atoms with Crippen molar-refractivity contribution in [2.75, 3.05) is 19.8 Å². The number of aliphatic hydroxyl groups is 2. The number of hydrogen-bond donors (Lipinski definition) is 3. The van der Waals surface area contributed by atoms with E-state index in [1.54, 1.807) is 24.3 Å². The number of carbonyl (C=O) groups excluding carboxylic acids is 2. The van der Waals surface area contributed by atoms with Crippen molar-refractivity contribution in [2.24, 2.45) is 0 Å². The number of fused-ring (bicyclic) bond motifs is 1. The third-order valence-corrected chi connectivity index (χ3v) is 6.08. The summed E-state index contributed by atoms with van der Waals surface area (Å²) in [7, 11) is 0. The van der Waals surface area contributed by atoms with Crippen molar-refractivity contribution in [3.63, 3.8) is 0 Å². The van der Waals surface area contributed by atoms with Gasteiger partial charge in [0, 0.05) is 25.4 Å². The minimum absolute atomic E-state index is 0.263. The normalized spacial score (nSPS) is 24.1. The van der Waals surface area contributed by atoms with Crippen molar-refractivity contribution >= 4 is 11.8 Å². The smallest absolute Gasteiger partial charge is 0.330 e. The zero-order valence-corrected chi connectivity index (χ0v) is 18.5. The Balaban J connectivity index is 1.23. The van der Waals surface area contributed by atoms with Gasteiger partial charge in [-0.15, -0.1) is 0 Å². The molecule has 0 aliphatic carbocycles. The first-order chi connectivity index (χ1) is 16.4. The van der Waals surface area contributed by atoms with Crippen molar-refractivity contribution in [1.29, 1.82) is 0 Å². The molecule has 0 spiro atoms. The van der Waals surface area contributed by atoms with Crippen molar-refractivity contribution < 1.29 is 29.3 Å². The second-order valence-corrected chi connectivity index (χ2v) is 8.31. The highest BCUT2D eigenvalue weighted by Crippen LogP contribution is 2.31. The van der Waals surface area contributed by atoms with Gasteiger partial charge < -0.3 is 19.7 Å². The number of unbranched alkanes of at least 4 members (excludes halogenated alkanes) is 3. The number of aliphatic hydroxyl groups excluding tert-OH is 2. The van der Waals surface area contributed by atoms with E-state index in [0.717, 1.165) is 23.5 Å². The van der Waals surface area contributed by atoms with E-state index < -0.39 is 42.4 Å². The average Bonchev–Trinajstić information content (AvgIpc) is 3.27. The molecule has 3 N–H and O–H groups in total. The summed E-state index contributed by atoms with van der Waals surface area (Å²) in [5, 5.41) is 19.9. The number of nitrogens with zero attached hydrogens (tertiary/aromatic N) is 2. The van der Waals surface area contributed by atoms with E-state index in [-0.39, 0.29) is 18.4 Å². The van der Waals surface area contributed by atoms with Crippen LogP contribution in [0, 0.1) is 0 Å². The molecule has 11 heteroatoms. The largest absolute Gasteiger partial charge is 0.394 e. The van der Waals surface area contributed by atoms with Gasteiger partial charge in [-0.05, 0) is 25.0 Å². The van der Waals surface area contributed by atoms with Gasteiger partial charge in [-0.2, -0.15) is 0 Å². The summed E-state index contributed by atoms with van der Waals surface area (Å²) in [6.07, 6.45) is 0.113. The molecule has 11 nitrogen and oxygen atoms in total. The molecule has 2 aliphatic rings. The molecule has 2 amide bonds. The van der Waals surface area contributed by atoms with Gasteiger partial charge in [-0.3, -0.25) is 28.8 Å². The van der Waals surface area contributed by atoms with Gasteiger partial charge in [0.25, 0.3) is 17.4 Å². The van der Waals surface area contributed by atoms with Crippen LogP contribution in [-0.4, -0.2) is 74.5 Å². The first-order valence-corrected chi connectivity index (χ1v) is 11.2. The Morgan fingerprint density at radius 1 is 0.971 bits per heavy atom. The van der Waals surface area contributed by atoms with Gasteiger partial charge in [-0.1, -0.05) is 25.0 Å². The maximum Gasteiger partial charge on any atom is 0.330 e. The number of H-pyrrole nitrogens is 1. The predicted molar refractivity (Wildman–Crippen MR) is 118 cm³/mol. The molecule has 4 rings (SSSR count). The van der Waals surface area contributed by atoms with Crippen LogP contribution in [0.15, 0.2) is 46.1 Å². The van der Waals surface area contributed by atoms with E-state index in [4.69, 9.17) is 9.47 Å². The molecule has 1 aromatic heterocycles. The number of aromatic amines is 1. The molecule has 0 saturated carbocycles. The maximum absolute atomic E-state index is 12.4. The molecule has 1 aromatic carbocycles. The molecule has 0 radical (unpaired) electrons. The zero-order chi connectivity index (χ0) is 24.2. The number of hydrogen-bond acceptors (Lipinski definition) is 8. The number of amides is 2. The molecule has 1 unspecified atom stereocenters. The lowest BCUT2D eigenvalue weighted by atomic mass is 10.1. The first kappa shape index (κ1) is 24.0. The van der Waals surface area contributed by atoms with Crippen LogP contribution in [0.4, 0.5) is 0 Å². The SMILES string of the molecule is O=C1c2ccccc2C(=O)N1CCCCCCOC1[C@@H](O)[C@@H](CO)O[C@H]1n1ccc(=O)[nH]c1=O. The predicted octanol–water partition coefficient (Wildman–Crippen LogP) is 0.0290. The fraction of sp³-hybridized carbons (Fsp3) is 0.478. The lowest BCUT2D eigenvalue weighted by molar-refractivity contribution is -0.0749. The van der Waals surface area contributed by atoms with Crippen LogP contribution < -0.4 is 11.2 Å². The van der Waals surface area contributed by atoms with Crippen LogP contribution in [0.25, 0.3) is 0 Å². The van der Waals surface area contributed by atoms with Gasteiger partial charge in [-0.25, -0.2) is 4.79 Å². The Labute approximate surface area is 194 Å². The molecule has 3 heterocycles. The molecule has 182 valence electrons. The summed E-state index contributed by atoms with van der Waals surface area (Å²) >= 11 is 0. The molecule has 0 bridgehead atoms. The van der Waals surface area contributed by atoms with Crippen LogP contribution in [0.3, 0.4) is 0 Å². The van der Waals surface area contributed by atoms with E-state index in [1.807, 2.05) is 0 Å². The van der Waals surface area contributed by atoms with Crippen LogP contribution in [0.5, 0.6) is 0 Å². The molecule has 2 aromatic rings. The summed E-state index contributed by atoms with van der Waals surface area (Å²) in [6.45, 7) is 0.163. The number of rotatable bonds is 10. The van der Waals surface area contributed by atoms with Gasteiger partial charge in [0.05, 0.1) is 17.7 Å². The fourth-order valence-corrected chi connectivity index (χ4v) is 4.29. The van der Waals surface area contributed by atoms with Gasteiger partial charge in [0.2, 0.25) is 0 Å². The lowest BCUT2D eigenvalue weighted by Crippen LogP contribution is -2.39. The Hall–Kier alpha value is -3.12. The van der Waals surface area contributed by atoms with E-state index in [2.05, 4.69) is 4.98 Å². The summed E-state index contributed by atoms with van der Waals surface area (Å²) < 4.78 is 12.5. The molecule has 34 heavy (non-hydrogen) atoms. The monoisotopic (exact) mass is 473 g/mol. The quantitative estimate of drug-likeness (QED) is 0.323.